The van der Waals surface area contributed by atoms with Crippen molar-refractivity contribution in [2.75, 3.05) is 5.73 Å². The van der Waals surface area contributed by atoms with Crippen LogP contribution < -0.4 is 5.73 Å². The summed E-state index contributed by atoms with van der Waals surface area (Å²) in [6, 6.07) is 3.93. The number of nitrogen functional groups attached to an aromatic ring is 1. The Morgan fingerprint density at radius 3 is 2.28 bits per heavy atom. The van der Waals surface area contributed by atoms with Gasteiger partial charge in [0.15, 0.2) is 0 Å². The normalized spacial score (nSPS) is 11.8. The molecule has 0 amide bonds. The summed E-state index contributed by atoms with van der Waals surface area (Å²) in [5.74, 6) is 1.17. The summed E-state index contributed by atoms with van der Waals surface area (Å²) >= 11 is 0. The summed E-state index contributed by atoms with van der Waals surface area (Å²) in [5, 5.41) is 8.21. The first-order valence-corrected chi connectivity index (χ1v) is 6.00. The van der Waals surface area contributed by atoms with E-state index in [0.29, 0.717) is 11.8 Å². The van der Waals surface area contributed by atoms with Crippen LogP contribution in [0, 0.1) is 13.8 Å². The number of hydrogen-bond acceptors (Lipinski definition) is 4. The third-order valence-corrected chi connectivity index (χ3v) is 2.91. The summed E-state index contributed by atoms with van der Waals surface area (Å²) in [7, 11) is 0. The van der Waals surface area contributed by atoms with Crippen LogP contribution in [0.4, 0.5) is 5.69 Å². The highest BCUT2D eigenvalue weighted by molar-refractivity contribution is 5.66. The van der Waals surface area contributed by atoms with Gasteiger partial charge in [0, 0.05) is 16.7 Å². The number of hydrogen-bond donors (Lipinski definition) is 1. The topological polar surface area (TPSA) is 64.9 Å². The molecule has 4 heteroatoms. The molecule has 0 bridgehead atoms. The second-order valence-corrected chi connectivity index (χ2v) is 5.69. The fraction of sp³-hybridized carbons (Fsp3) is 0.429. The van der Waals surface area contributed by atoms with Crippen molar-refractivity contribution in [2.45, 2.75) is 40.0 Å². The summed E-state index contributed by atoms with van der Waals surface area (Å²) in [5.41, 5.74) is 9.58. The van der Waals surface area contributed by atoms with E-state index in [2.05, 4.69) is 10.2 Å². The zero-order valence-electron chi connectivity index (χ0n) is 11.5. The van der Waals surface area contributed by atoms with Crippen LogP contribution >= 0.6 is 0 Å². The molecule has 18 heavy (non-hydrogen) atoms. The number of anilines is 1. The zero-order valence-corrected chi connectivity index (χ0v) is 11.5. The number of benzene rings is 1. The molecule has 2 N–H and O–H groups in total. The molecule has 0 saturated carbocycles. The van der Waals surface area contributed by atoms with Crippen molar-refractivity contribution in [1.82, 2.24) is 10.2 Å². The van der Waals surface area contributed by atoms with Crippen LogP contribution in [0.2, 0.25) is 0 Å². The third kappa shape index (κ3) is 2.23. The van der Waals surface area contributed by atoms with Gasteiger partial charge in [0.2, 0.25) is 11.8 Å². The van der Waals surface area contributed by atoms with Gasteiger partial charge in [-0.15, -0.1) is 10.2 Å². The van der Waals surface area contributed by atoms with Crippen LogP contribution in [0.1, 0.15) is 37.8 Å². The first kappa shape index (κ1) is 12.6. The van der Waals surface area contributed by atoms with Crippen molar-refractivity contribution in [1.29, 1.82) is 0 Å². The number of aryl methyl sites for hydroxylation is 2. The highest BCUT2D eigenvalue weighted by atomic mass is 16.4. The summed E-state index contributed by atoms with van der Waals surface area (Å²) in [4.78, 5) is 0. The molecule has 0 spiro atoms. The van der Waals surface area contributed by atoms with Gasteiger partial charge in [0.05, 0.1) is 0 Å². The van der Waals surface area contributed by atoms with Crippen molar-refractivity contribution < 1.29 is 4.42 Å². The largest absolute Gasteiger partial charge is 0.420 e. The van der Waals surface area contributed by atoms with Crippen LogP contribution in [0.15, 0.2) is 16.5 Å². The standard InChI is InChI=1S/C14H19N3O/c1-8-6-9(2)11(15)7-10(8)12-16-17-13(18-12)14(3,4)5/h6-7H,15H2,1-5H3. The molecule has 0 fully saturated rings. The molecular formula is C14H19N3O. The molecule has 2 rings (SSSR count). The second-order valence-electron chi connectivity index (χ2n) is 5.69. The monoisotopic (exact) mass is 245 g/mol. The van der Waals surface area contributed by atoms with Crippen molar-refractivity contribution in [2.24, 2.45) is 0 Å². The van der Waals surface area contributed by atoms with Gasteiger partial charge >= 0.3 is 0 Å². The second kappa shape index (κ2) is 4.12. The molecule has 0 saturated heterocycles. The van der Waals surface area contributed by atoms with E-state index in [1.54, 1.807) is 0 Å². The summed E-state index contributed by atoms with van der Waals surface area (Å²) in [6.45, 7) is 10.1. The van der Waals surface area contributed by atoms with Gasteiger partial charge in [0.1, 0.15) is 0 Å². The lowest BCUT2D eigenvalue weighted by Gasteiger charge is -2.11. The lowest BCUT2D eigenvalue weighted by atomic mass is 9.97. The van der Waals surface area contributed by atoms with E-state index in [4.69, 9.17) is 10.2 Å². The minimum Gasteiger partial charge on any atom is -0.420 e. The van der Waals surface area contributed by atoms with Crippen LogP contribution in [0.3, 0.4) is 0 Å². The summed E-state index contributed by atoms with van der Waals surface area (Å²) in [6.07, 6.45) is 0. The average Bonchev–Trinajstić information content (AvgIpc) is 2.72. The van der Waals surface area contributed by atoms with E-state index in [9.17, 15) is 0 Å². The Morgan fingerprint density at radius 2 is 1.72 bits per heavy atom. The van der Waals surface area contributed by atoms with Crippen LogP contribution in [-0.2, 0) is 5.41 Å². The number of rotatable bonds is 1. The fourth-order valence-electron chi connectivity index (χ4n) is 1.73. The van der Waals surface area contributed by atoms with E-state index in [-0.39, 0.29) is 5.41 Å². The first-order chi connectivity index (χ1) is 8.29. The van der Waals surface area contributed by atoms with Gasteiger partial charge in [-0.25, -0.2) is 0 Å². The van der Waals surface area contributed by atoms with Gasteiger partial charge in [-0.1, -0.05) is 26.8 Å². The molecule has 0 aliphatic carbocycles. The van der Waals surface area contributed by atoms with Crippen molar-refractivity contribution in [3.63, 3.8) is 0 Å². The van der Waals surface area contributed by atoms with Crippen LogP contribution in [-0.4, -0.2) is 10.2 Å². The van der Waals surface area contributed by atoms with Gasteiger partial charge in [-0.05, 0) is 31.0 Å². The SMILES string of the molecule is Cc1cc(C)c(-c2nnc(C(C)(C)C)o2)cc1N. The van der Waals surface area contributed by atoms with Crippen molar-refractivity contribution in [3.8, 4) is 11.5 Å². The molecule has 1 heterocycles. The van der Waals surface area contributed by atoms with E-state index in [1.165, 1.54) is 0 Å². The van der Waals surface area contributed by atoms with Gasteiger partial charge < -0.3 is 10.2 Å². The predicted octanol–water partition coefficient (Wildman–Crippen LogP) is 3.23. The minimum absolute atomic E-state index is 0.143. The van der Waals surface area contributed by atoms with Crippen molar-refractivity contribution in [3.05, 3.63) is 29.2 Å². The molecule has 0 unspecified atom stereocenters. The van der Waals surface area contributed by atoms with Gasteiger partial charge in [-0.3, -0.25) is 0 Å². The summed E-state index contributed by atoms with van der Waals surface area (Å²) < 4.78 is 5.73. The fourth-order valence-corrected chi connectivity index (χ4v) is 1.73. The molecule has 2 aromatic rings. The number of nitrogens with two attached hydrogens (primary N) is 1. The number of nitrogens with zero attached hydrogens (tertiary/aromatic N) is 2. The molecule has 1 aromatic carbocycles. The third-order valence-electron chi connectivity index (χ3n) is 2.91. The van der Waals surface area contributed by atoms with E-state index >= 15 is 0 Å². The quantitative estimate of drug-likeness (QED) is 0.783. The molecular weight excluding hydrogens is 226 g/mol. The van der Waals surface area contributed by atoms with Crippen molar-refractivity contribution >= 4 is 5.69 Å². The minimum atomic E-state index is -0.143. The van der Waals surface area contributed by atoms with E-state index in [0.717, 1.165) is 22.4 Å². The molecule has 4 nitrogen and oxygen atoms in total. The van der Waals surface area contributed by atoms with Gasteiger partial charge in [-0.2, -0.15) is 0 Å². The molecule has 0 aliphatic heterocycles. The molecule has 0 atom stereocenters. The highest BCUT2D eigenvalue weighted by Crippen LogP contribution is 2.29. The Bertz CT molecular complexity index is 579. The maximum Gasteiger partial charge on any atom is 0.248 e. The Kier molecular flexibility index (Phi) is 2.89. The van der Waals surface area contributed by atoms with Crippen LogP contribution in [0.5, 0.6) is 0 Å². The molecule has 1 aromatic heterocycles. The van der Waals surface area contributed by atoms with Crippen LogP contribution in [0.25, 0.3) is 11.5 Å². The van der Waals surface area contributed by atoms with E-state index < -0.39 is 0 Å². The average molecular weight is 245 g/mol. The zero-order chi connectivity index (χ0) is 13.5. The smallest absolute Gasteiger partial charge is 0.248 e. The maximum atomic E-state index is 5.93. The lowest BCUT2D eigenvalue weighted by molar-refractivity contribution is 0.399. The Balaban J connectivity index is 2.50. The predicted molar refractivity (Wildman–Crippen MR) is 72.3 cm³/mol. The Hall–Kier alpha value is -1.84. The first-order valence-electron chi connectivity index (χ1n) is 6.00. The van der Waals surface area contributed by atoms with Gasteiger partial charge in [0.25, 0.3) is 0 Å². The number of aromatic nitrogens is 2. The lowest BCUT2D eigenvalue weighted by Crippen LogP contribution is -2.11. The maximum absolute atomic E-state index is 5.93. The Labute approximate surface area is 107 Å². The highest BCUT2D eigenvalue weighted by Gasteiger charge is 2.22. The molecule has 0 aliphatic rings. The Morgan fingerprint density at radius 1 is 1.06 bits per heavy atom. The van der Waals surface area contributed by atoms with E-state index in [1.807, 2.05) is 46.8 Å². The molecule has 0 radical (unpaired) electrons. The molecule has 96 valence electrons.